The number of hydrogen-bond donors (Lipinski definition) is 1. The van der Waals surface area contributed by atoms with E-state index < -0.39 is 17.4 Å². The Morgan fingerprint density at radius 2 is 1.75 bits per heavy atom. The van der Waals surface area contributed by atoms with Crippen LogP contribution in [0.25, 0.3) is 0 Å². The van der Waals surface area contributed by atoms with Gasteiger partial charge >= 0.3 is 0 Å². The van der Waals surface area contributed by atoms with Crippen LogP contribution in [0.4, 0.5) is 8.78 Å². The first kappa shape index (κ1) is 11.6. The topological polar surface area (TPSA) is 20.2 Å². The number of benzene rings is 1. The van der Waals surface area contributed by atoms with Gasteiger partial charge in [0, 0.05) is 6.07 Å². The van der Waals surface area contributed by atoms with Crippen molar-refractivity contribution in [3.8, 4) is 5.75 Å². The minimum Gasteiger partial charge on any atom is -0.505 e. The number of phenols is 1. The van der Waals surface area contributed by atoms with Gasteiger partial charge in [-0.2, -0.15) is 0 Å². The fourth-order valence-corrected chi connectivity index (χ4v) is 0.695. The minimum absolute atomic E-state index is 0.206. The minimum atomic E-state index is -0.919. The van der Waals surface area contributed by atoms with Crippen molar-refractivity contribution in [2.24, 2.45) is 0 Å². The molecule has 1 aromatic carbocycles. The van der Waals surface area contributed by atoms with E-state index in [1.54, 1.807) is 0 Å². The largest absolute Gasteiger partial charge is 0.505 e. The summed E-state index contributed by atoms with van der Waals surface area (Å²) in [5.41, 5.74) is 0.206. The molecule has 0 unspecified atom stereocenters. The number of rotatable bonds is 0. The lowest BCUT2D eigenvalue weighted by atomic mass is 10.2. The second-order valence-corrected chi connectivity index (χ2v) is 2.05. The summed E-state index contributed by atoms with van der Waals surface area (Å²) in [4.78, 5) is 1.97. The molecule has 0 aliphatic heterocycles. The summed E-state index contributed by atoms with van der Waals surface area (Å²) in [5, 5.41) is 8.79. The van der Waals surface area contributed by atoms with Crippen molar-refractivity contribution in [1.82, 2.24) is 0 Å². The molecule has 4 heteroatoms. The van der Waals surface area contributed by atoms with Crippen LogP contribution in [0.1, 0.15) is 5.56 Å². The Bertz CT molecular complexity index is 240. The molecular weight excluding hydrogens is 277 g/mol. The van der Waals surface area contributed by atoms with Crippen molar-refractivity contribution in [3.63, 3.8) is 0 Å². The summed E-state index contributed by atoms with van der Waals surface area (Å²) in [6, 6.07) is 1.71. The zero-order valence-corrected chi connectivity index (χ0v) is 8.89. The number of aromatic hydroxyl groups is 1. The molecule has 0 amide bonds. The first-order valence-corrected chi connectivity index (χ1v) is 5.29. The molecule has 0 aliphatic carbocycles. The van der Waals surface area contributed by atoms with Crippen LogP contribution in [0.5, 0.6) is 5.75 Å². The molecule has 1 nitrogen and oxygen atoms in total. The Balaban J connectivity index is 0.000000561. The Morgan fingerprint density at radius 1 is 1.25 bits per heavy atom. The molecular formula is C8H9F2IO. The molecule has 1 rings (SSSR count). The molecule has 1 N–H and O–H groups in total. The van der Waals surface area contributed by atoms with Gasteiger partial charge in [0.15, 0.2) is 11.6 Å². The van der Waals surface area contributed by atoms with Gasteiger partial charge in [-0.1, -0.05) is 22.6 Å². The third kappa shape index (κ3) is 2.92. The van der Waals surface area contributed by atoms with Crippen LogP contribution in [0.2, 0.25) is 0 Å². The molecule has 12 heavy (non-hydrogen) atoms. The highest BCUT2D eigenvalue weighted by atomic mass is 127. The molecule has 0 fully saturated rings. The molecule has 0 aliphatic rings. The number of halogens is 3. The van der Waals surface area contributed by atoms with E-state index in [2.05, 4.69) is 22.6 Å². The van der Waals surface area contributed by atoms with Gasteiger partial charge in [-0.15, -0.1) is 0 Å². The smallest absolute Gasteiger partial charge is 0.167 e. The van der Waals surface area contributed by atoms with Crippen LogP contribution in [0, 0.1) is 18.6 Å². The monoisotopic (exact) mass is 286 g/mol. The van der Waals surface area contributed by atoms with E-state index in [0.29, 0.717) is 6.07 Å². The van der Waals surface area contributed by atoms with Crippen molar-refractivity contribution in [1.29, 1.82) is 0 Å². The molecule has 0 aromatic heterocycles. The van der Waals surface area contributed by atoms with Gasteiger partial charge in [0.1, 0.15) is 5.82 Å². The highest BCUT2D eigenvalue weighted by Crippen LogP contribution is 2.20. The third-order valence-electron chi connectivity index (χ3n) is 1.22. The summed E-state index contributed by atoms with van der Waals surface area (Å²) in [7, 11) is 0. The highest BCUT2D eigenvalue weighted by molar-refractivity contribution is 14.1. The Hall–Kier alpha value is -0.390. The lowest BCUT2D eigenvalue weighted by Gasteiger charge is -1.98. The predicted octanol–water partition coefficient (Wildman–Crippen LogP) is 3.03. The van der Waals surface area contributed by atoms with E-state index in [9.17, 15) is 8.78 Å². The number of alkyl halides is 1. The van der Waals surface area contributed by atoms with Crippen molar-refractivity contribution in [3.05, 3.63) is 29.3 Å². The van der Waals surface area contributed by atoms with Crippen LogP contribution in [0.15, 0.2) is 12.1 Å². The van der Waals surface area contributed by atoms with E-state index >= 15 is 0 Å². The van der Waals surface area contributed by atoms with Crippen LogP contribution in [0.3, 0.4) is 0 Å². The second-order valence-electron chi connectivity index (χ2n) is 2.05. The highest BCUT2D eigenvalue weighted by Gasteiger charge is 2.04. The van der Waals surface area contributed by atoms with Crippen molar-refractivity contribution in [2.75, 3.05) is 4.93 Å². The molecule has 0 radical (unpaired) electrons. The molecule has 0 saturated heterocycles. The summed E-state index contributed by atoms with van der Waals surface area (Å²) in [6.45, 7) is 1.43. The predicted molar refractivity (Wildman–Crippen MR) is 52.7 cm³/mol. The van der Waals surface area contributed by atoms with E-state index in [1.165, 1.54) is 6.92 Å². The summed E-state index contributed by atoms with van der Waals surface area (Å²) in [6.07, 6.45) is 0. The second kappa shape index (κ2) is 5.29. The third-order valence-corrected chi connectivity index (χ3v) is 1.22. The number of phenolic OH excluding ortho intramolecular Hbond substituents is 1. The average molecular weight is 286 g/mol. The van der Waals surface area contributed by atoms with Gasteiger partial charge in [0.05, 0.1) is 0 Å². The zero-order valence-electron chi connectivity index (χ0n) is 6.74. The number of hydrogen-bond acceptors (Lipinski definition) is 1. The van der Waals surface area contributed by atoms with E-state index in [0.717, 1.165) is 6.07 Å². The first-order chi connectivity index (χ1) is 5.61. The molecule has 1 aromatic rings. The van der Waals surface area contributed by atoms with Gasteiger partial charge in [-0.25, -0.2) is 8.78 Å². The molecule has 0 atom stereocenters. The Morgan fingerprint density at radius 3 is 2.17 bits per heavy atom. The van der Waals surface area contributed by atoms with Gasteiger partial charge < -0.3 is 5.11 Å². The van der Waals surface area contributed by atoms with Crippen LogP contribution >= 0.6 is 22.6 Å². The van der Waals surface area contributed by atoms with Crippen molar-refractivity contribution >= 4 is 22.6 Å². The van der Waals surface area contributed by atoms with Crippen molar-refractivity contribution < 1.29 is 13.9 Å². The van der Waals surface area contributed by atoms with Crippen LogP contribution in [-0.2, 0) is 0 Å². The number of aryl methyl sites for hydroxylation is 1. The molecule has 68 valence electrons. The van der Waals surface area contributed by atoms with Crippen LogP contribution < -0.4 is 0 Å². The van der Waals surface area contributed by atoms with Crippen molar-refractivity contribution in [2.45, 2.75) is 6.92 Å². The summed E-state index contributed by atoms with van der Waals surface area (Å²) >= 11 is 2.15. The zero-order chi connectivity index (χ0) is 9.72. The standard InChI is InChI=1S/C7H6F2O.CH3I/c1-4-2-5(8)3-6(9)7(4)10;1-2/h2-3,10H,1H3;1H3. The SMILES string of the molecule is CI.Cc1cc(F)cc(F)c1O. The molecule has 0 heterocycles. The fourth-order valence-electron chi connectivity index (χ4n) is 0.695. The Kier molecular flexibility index (Phi) is 5.12. The van der Waals surface area contributed by atoms with Gasteiger partial charge in [0.25, 0.3) is 0 Å². The average Bonchev–Trinajstić information content (AvgIpc) is 2.04. The lowest BCUT2D eigenvalue weighted by molar-refractivity contribution is 0.424. The molecule has 0 saturated carbocycles. The molecule has 0 spiro atoms. The van der Waals surface area contributed by atoms with E-state index in [4.69, 9.17) is 5.11 Å². The van der Waals surface area contributed by atoms with Gasteiger partial charge in [-0.05, 0) is 23.5 Å². The molecule has 0 bridgehead atoms. The van der Waals surface area contributed by atoms with E-state index in [-0.39, 0.29) is 5.56 Å². The summed E-state index contributed by atoms with van der Waals surface area (Å²) in [5.74, 6) is -2.08. The maximum atomic E-state index is 12.4. The Labute approximate surface area is 83.6 Å². The van der Waals surface area contributed by atoms with Crippen LogP contribution in [-0.4, -0.2) is 10.0 Å². The first-order valence-electron chi connectivity index (χ1n) is 3.13. The maximum absolute atomic E-state index is 12.4. The normalized spacial score (nSPS) is 8.75. The lowest BCUT2D eigenvalue weighted by Crippen LogP contribution is -1.83. The summed E-state index contributed by atoms with van der Waals surface area (Å²) < 4.78 is 24.6. The maximum Gasteiger partial charge on any atom is 0.167 e. The van der Waals surface area contributed by atoms with Gasteiger partial charge in [-0.3, -0.25) is 0 Å². The fraction of sp³-hybridized carbons (Fsp3) is 0.250. The van der Waals surface area contributed by atoms with E-state index in [1.807, 2.05) is 4.93 Å². The van der Waals surface area contributed by atoms with Gasteiger partial charge in [0.2, 0.25) is 0 Å². The quantitative estimate of drug-likeness (QED) is 0.574.